The molecule has 0 fully saturated rings. The van der Waals surface area contributed by atoms with Crippen molar-refractivity contribution in [3.63, 3.8) is 0 Å². The first-order valence-electron chi connectivity index (χ1n) is 2.77. The summed E-state index contributed by atoms with van der Waals surface area (Å²) in [5, 5.41) is 21.5. The van der Waals surface area contributed by atoms with Crippen LogP contribution in [-0.2, 0) is 4.74 Å². The maximum atomic E-state index is 7.17. The van der Waals surface area contributed by atoms with Crippen molar-refractivity contribution in [2.75, 3.05) is 13.2 Å². The summed E-state index contributed by atoms with van der Waals surface area (Å²) in [6.45, 7) is 5.67. The molecular weight excluding hydrogens is 130 g/mol. The fourth-order valence-corrected chi connectivity index (χ4v) is 0.204. The van der Waals surface area contributed by atoms with Crippen LogP contribution in [0.15, 0.2) is 0 Å². The third-order valence-electron chi connectivity index (χ3n) is 0.408. The van der Waals surface area contributed by atoms with Gasteiger partial charge in [-0.1, -0.05) is 0 Å². The minimum atomic E-state index is -2.17. The normalized spacial score (nSPS) is 6.90. The third kappa shape index (κ3) is 76.4. The predicted molar refractivity (Wildman–Crippen MR) is 41.7 cm³/mol. The molecule has 0 saturated carbocycles. The van der Waals surface area contributed by atoms with Crippen LogP contribution in [0, 0.1) is 0 Å². The van der Waals surface area contributed by atoms with Crippen LogP contribution in [0.2, 0.25) is 0 Å². The molecular formula is C4H14BLiO4. The van der Waals surface area contributed by atoms with Crippen LogP contribution in [0.1, 0.15) is 13.8 Å². The van der Waals surface area contributed by atoms with E-state index in [1.807, 2.05) is 13.8 Å². The van der Waals surface area contributed by atoms with Crippen LogP contribution in [-0.4, -0.2) is 54.5 Å². The molecule has 0 spiro atoms. The van der Waals surface area contributed by atoms with Crippen LogP contribution >= 0.6 is 0 Å². The van der Waals surface area contributed by atoms with Gasteiger partial charge in [-0.3, -0.25) is 0 Å². The minimum absolute atomic E-state index is 0. The molecule has 0 aliphatic rings. The zero-order chi connectivity index (χ0) is 7.70. The Morgan fingerprint density at radius 3 is 1.30 bits per heavy atom. The number of hydrogen-bond acceptors (Lipinski definition) is 4. The van der Waals surface area contributed by atoms with Crippen molar-refractivity contribution in [1.29, 1.82) is 0 Å². The van der Waals surface area contributed by atoms with Crippen molar-refractivity contribution in [2.24, 2.45) is 0 Å². The van der Waals surface area contributed by atoms with E-state index in [9.17, 15) is 0 Å². The standard InChI is InChI=1S/C4H10O.BH3O3.Li.H/c1-3-5-4-2;2-1(3)4;;/h3-4H2,1-2H3;2-4H;;. The fourth-order valence-electron chi connectivity index (χ4n) is 0.204. The van der Waals surface area contributed by atoms with E-state index in [4.69, 9.17) is 19.8 Å². The zero-order valence-corrected chi connectivity index (χ0v) is 5.74. The quantitative estimate of drug-likeness (QED) is 0.405. The summed E-state index contributed by atoms with van der Waals surface area (Å²) in [7, 11) is -2.17. The van der Waals surface area contributed by atoms with E-state index in [0.29, 0.717) is 0 Å². The van der Waals surface area contributed by atoms with Crippen molar-refractivity contribution < 1.29 is 19.8 Å². The van der Waals surface area contributed by atoms with E-state index < -0.39 is 7.32 Å². The van der Waals surface area contributed by atoms with Gasteiger partial charge >= 0.3 is 26.2 Å². The molecule has 4 nitrogen and oxygen atoms in total. The van der Waals surface area contributed by atoms with Crippen molar-refractivity contribution >= 4 is 26.2 Å². The van der Waals surface area contributed by atoms with Crippen LogP contribution < -0.4 is 0 Å². The molecule has 0 heterocycles. The molecule has 0 saturated heterocycles. The van der Waals surface area contributed by atoms with Gasteiger partial charge in [0.25, 0.3) is 0 Å². The Morgan fingerprint density at radius 2 is 1.30 bits per heavy atom. The second kappa shape index (κ2) is 16.2. The van der Waals surface area contributed by atoms with Gasteiger partial charge in [-0.25, -0.2) is 0 Å². The second-order valence-electron chi connectivity index (χ2n) is 1.13. The monoisotopic (exact) mass is 144 g/mol. The molecule has 3 N–H and O–H groups in total. The van der Waals surface area contributed by atoms with Crippen LogP contribution in [0.4, 0.5) is 0 Å². The Balaban J connectivity index is -0.0000000910. The first-order chi connectivity index (χ1) is 4.15. The van der Waals surface area contributed by atoms with E-state index in [-0.39, 0.29) is 18.9 Å². The van der Waals surface area contributed by atoms with Crippen LogP contribution in [0.25, 0.3) is 0 Å². The van der Waals surface area contributed by atoms with E-state index in [2.05, 4.69) is 0 Å². The van der Waals surface area contributed by atoms with Gasteiger partial charge in [-0.15, -0.1) is 0 Å². The van der Waals surface area contributed by atoms with Gasteiger partial charge in [0.05, 0.1) is 0 Å². The molecule has 0 aromatic heterocycles. The average Bonchev–Trinajstić information content (AvgIpc) is 1.66. The molecule has 0 aromatic rings. The third-order valence-corrected chi connectivity index (χ3v) is 0.408. The molecule has 6 heteroatoms. The fraction of sp³-hybridized carbons (Fsp3) is 1.00. The topological polar surface area (TPSA) is 69.9 Å². The van der Waals surface area contributed by atoms with Gasteiger partial charge in [0.1, 0.15) is 0 Å². The van der Waals surface area contributed by atoms with Crippen molar-refractivity contribution in [2.45, 2.75) is 13.8 Å². The first-order valence-corrected chi connectivity index (χ1v) is 2.77. The van der Waals surface area contributed by atoms with Crippen molar-refractivity contribution in [1.82, 2.24) is 0 Å². The van der Waals surface area contributed by atoms with Gasteiger partial charge in [-0.05, 0) is 13.8 Å². The summed E-state index contributed by atoms with van der Waals surface area (Å²) in [6.07, 6.45) is 0. The molecule has 58 valence electrons. The predicted octanol–water partition coefficient (Wildman–Crippen LogP) is -1.66. The summed E-state index contributed by atoms with van der Waals surface area (Å²) in [4.78, 5) is 0. The Labute approximate surface area is 73.6 Å². The Hall–Kier alpha value is 0.502. The Kier molecular flexibility index (Phi) is 27.4. The van der Waals surface area contributed by atoms with Crippen LogP contribution in [0.5, 0.6) is 0 Å². The molecule has 0 atom stereocenters. The second-order valence-corrected chi connectivity index (χ2v) is 1.13. The number of hydrogen-bond donors (Lipinski definition) is 3. The van der Waals surface area contributed by atoms with Gasteiger partial charge in [-0.2, -0.15) is 0 Å². The van der Waals surface area contributed by atoms with Gasteiger partial charge < -0.3 is 19.8 Å². The molecule has 0 radical (unpaired) electrons. The molecule has 0 amide bonds. The molecule has 0 aliphatic heterocycles. The first kappa shape index (κ1) is 16.8. The summed E-state index contributed by atoms with van der Waals surface area (Å²) in [5.41, 5.74) is 0. The molecule has 0 bridgehead atoms. The number of ether oxygens (including phenoxy) is 1. The SMILES string of the molecule is CCOCC.OB(O)O.[LiH]. The van der Waals surface area contributed by atoms with E-state index in [1.165, 1.54) is 0 Å². The van der Waals surface area contributed by atoms with Gasteiger partial charge in [0, 0.05) is 13.2 Å². The van der Waals surface area contributed by atoms with Crippen molar-refractivity contribution in [3.8, 4) is 0 Å². The Bertz CT molecular complexity index is 41.5. The summed E-state index contributed by atoms with van der Waals surface area (Å²) >= 11 is 0. The zero-order valence-electron chi connectivity index (χ0n) is 5.74. The Morgan fingerprint density at radius 1 is 1.10 bits per heavy atom. The summed E-state index contributed by atoms with van der Waals surface area (Å²) in [6, 6.07) is 0. The molecule has 0 rings (SSSR count). The summed E-state index contributed by atoms with van der Waals surface area (Å²) in [5.74, 6) is 0. The number of rotatable bonds is 2. The average molecular weight is 144 g/mol. The molecule has 0 aromatic carbocycles. The molecule has 0 aliphatic carbocycles. The van der Waals surface area contributed by atoms with E-state index >= 15 is 0 Å². The van der Waals surface area contributed by atoms with Gasteiger partial charge in [0.2, 0.25) is 0 Å². The molecule has 10 heavy (non-hydrogen) atoms. The maximum absolute atomic E-state index is 7.17. The molecule has 0 unspecified atom stereocenters. The van der Waals surface area contributed by atoms with E-state index in [0.717, 1.165) is 13.2 Å². The van der Waals surface area contributed by atoms with Gasteiger partial charge in [0.15, 0.2) is 0 Å². The summed E-state index contributed by atoms with van der Waals surface area (Å²) < 4.78 is 4.83. The van der Waals surface area contributed by atoms with Crippen molar-refractivity contribution in [3.05, 3.63) is 0 Å². The van der Waals surface area contributed by atoms with Crippen LogP contribution in [0.3, 0.4) is 0 Å². The van der Waals surface area contributed by atoms with E-state index in [1.54, 1.807) is 0 Å².